The van der Waals surface area contributed by atoms with E-state index in [0.29, 0.717) is 5.19 Å². The number of benzene rings is 1. The Morgan fingerprint density at radius 3 is 1.94 bits per heavy atom. The molecule has 0 aliphatic heterocycles. The van der Waals surface area contributed by atoms with Crippen molar-refractivity contribution >= 4 is 24.1 Å². The van der Waals surface area contributed by atoms with E-state index >= 15 is 0 Å². The molecule has 0 unspecified atom stereocenters. The summed E-state index contributed by atoms with van der Waals surface area (Å²) in [7, 11) is -3.47. The molecule has 0 aromatic heterocycles. The molecule has 2 N–H and O–H groups in total. The lowest BCUT2D eigenvalue weighted by Crippen LogP contribution is -2.54. The minimum absolute atomic E-state index is 0.375. The van der Waals surface area contributed by atoms with Gasteiger partial charge in [-0.1, -0.05) is 6.07 Å². The Morgan fingerprint density at radius 2 is 1.61 bits per heavy atom. The fraction of sp³-hybridized carbons (Fsp3) is 0.333. The number of aromatic hydroxyl groups is 1. The summed E-state index contributed by atoms with van der Waals surface area (Å²) in [6, 6.07) is 3.54. The van der Waals surface area contributed by atoms with E-state index in [4.69, 9.17) is 17.8 Å². The molecule has 1 aromatic carbocycles. The second-order valence-electron chi connectivity index (χ2n) is 3.33. The van der Waals surface area contributed by atoms with E-state index in [-0.39, 0.29) is 0 Å². The summed E-state index contributed by atoms with van der Waals surface area (Å²) in [5.74, 6) is -0.599. The third-order valence-corrected chi connectivity index (χ3v) is 5.93. The van der Waals surface area contributed by atoms with Crippen molar-refractivity contribution < 1.29 is 31.4 Å². The first kappa shape index (κ1) is 15.1. The van der Waals surface area contributed by atoms with Gasteiger partial charge in [-0.05, 0) is 12.1 Å². The average Bonchev–Trinajstić information content (AvgIpc) is 2.30. The van der Waals surface area contributed by atoms with Crippen LogP contribution >= 0.6 is 0 Å². The smallest absolute Gasteiger partial charge is 0.506 e. The lowest BCUT2D eigenvalue weighted by atomic mass is 10.3. The van der Waals surface area contributed by atoms with Crippen LogP contribution in [0.1, 0.15) is 0 Å². The normalized spacial score (nSPS) is 12.7. The number of rotatable bonds is 5. The van der Waals surface area contributed by atoms with Crippen molar-refractivity contribution in [3.8, 4) is 5.75 Å². The molecule has 7 nitrogen and oxygen atoms in total. The van der Waals surface area contributed by atoms with Gasteiger partial charge in [-0.2, -0.15) is 8.42 Å². The van der Waals surface area contributed by atoms with Crippen LogP contribution in [0.2, 0.25) is 0 Å². The molecule has 0 radical (unpaired) electrons. The van der Waals surface area contributed by atoms with Crippen molar-refractivity contribution in [1.29, 1.82) is 0 Å². The van der Waals surface area contributed by atoms with E-state index in [1.54, 1.807) is 0 Å². The molecule has 0 atom stereocenters. The molecule has 0 saturated carbocycles. The van der Waals surface area contributed by atoms with Gasteiger partial charge in [0, 0.05) is 26.5 Å². The second-order valence-corrected chi connectivity index (χ2v) is 7.63. The van der Waals surface area contributed by atoms with E-state index in [0.717, 1.165) is 12.1 Å². The molecule has 0 fully saturated rings. The highest BCUT2D eigenvalue weighted by Gasteiger charge is 2.41. The summed E-state index contributed by atoms with van der Waals surface area (Å²) in [6.45, 7) is 0. The lowest BCUT2D eigenvalue weighted by molar-refractivity contribution is 0.140. The Labute approximate surface area is 106 Å². The molecule has 0 amide bonds. The van der Waals surface area contributed by atoms with Gasteiger partial charge in [0.1, 0.15) is 10.6 Å². The van der Waals surface area contributed by atoms with Gasteiger partial charge in [0.05, 0.1) is 0 Å². The van der Waals surface area contributed by atoms with Crippen molar-refractivity contribution in [1.82, 2.24) is 0 Å². The second kappa shape index (κ2) is 5.34. The molecule has 9 heteroatoms. The zero-order valence-electron chi connectivity index (χ0n) is 10.1. The number of hydrogen-bond acceptors (Lipinski definition) is 6. The number of phenols is 1. The SMILES string of the molecule is CO[Si](OC)(OC)c1ccc(S(=O)(=O)O)c(O)c1. The summed E-state index contributed by atoms with van der Waals surface area (Å²) in [6.07, 6.45) is 0. The van der Waals surface area contributed by atoms with E-state index in [1.807, 2.05) is 0 Å². The molecule has 0 saturated heterocycles. The lowest BCUT2D eigenvalue weighted by Gasteiger charge is -2.24. The quantitative estimate of drug-likeness (QED) is 0.569. The van der Waals surface area contributed by atoms with Crippen molar-refractivity contribution in [2.24, 2.45) is 0 Å². The fourth-order valence-corrected chi connectivity index (χ4v) is 3.90. The van der Waals surface area contributed by atoms with Gasteiger partial charge in [-0.25, -0.2) is 0 Å². The van der Waals surface area contributed by atoms with Crippen LogP contribution in [0.25, 0.3) is 0 Å². The zero-order valence-corrected chi connectivity index (χ0v) is 11.9. The van der Waals surface area contributed by atoms with E-state index in [1.165, 1.54) is 27.4 Å². The summed E-state index contributed by atoms with van der Waals surface area (Å²) in [5, 5.41) is 9.97. The summed E-state index contributed by atoms with van der Waals surface area (Å²) < 4.78 is 46.3. The van der Waals surface area contributed by atoms with E-state index in [2.05, 4.69) is 0 Å². The summed E-state index contributed by atoms with van der Waals surface area (Å²) in [4.78, 5) is -0.586. The Bertz CT molecular complexity index is 515. The van der Waals surface area contributed by atoms with Crippen molar-refractivity contribution in [2.45, 2.75) is 4.90 Å². The first-order valence-corrected chi connectivity index (χ1v) is 7.93. The number of phenolic OH excluding ortho intramolecular Hbond substituents is 1. The monoisotopic (exact) mass is 294 g/mol. The maximum absolute atomic E-state index is 10.9. The van der Waals surface area contributed by atoms with Crippen LogP contribution in [0.3, 0.4) is 0 Å². The molecule has 0 aliphatic carbocycles. The molecule has 0 aliphatic rings. The van der Waals surface area contributed by atoms with Crippen LogP contribution in [-0.2, 0) is 23.4 Å². The van der Waals surface area contributed by atoms with E-state index in [9.17, 15) is 13.5 Å². The molecule has 0 spiro atoms. The molecule has 1 rings (SSSR count). The highest BCUT2D eigenvalue weighted by Crippen LogP contribution is 2.22. The van der Waals surface area contributed by atoms with Crippen molar-refractivity contribution in [3.63, 3.8) is 0 Å². The van der Waals surface area contributed by atoms with Crippen LogP contribution < -0.4 is 5.19 Å². The average molecular weight is 294 g/mol. The summed E-state index contributed by atoms with van der Waals surface area (Å²) >= 11 is 0. The maximum Gasteiger partial charge on any atom is 0.536 e. The predicted molar refractivity (Wildman–Crippen MR) is 64.3 cm³/mol. The van der Waals surface area contributed by atoms with Crippen LogP contribution in [-0.4, -0.2) is 48.2 Å². The van der Waals surface area contributed by atoms with Crippen LogP contribution in [0.15, 0.2) is 23.1 Å². The maximum atomic E-state index is 10.9. The predicted octanol–water partition coefficient (Wildman–Crippen LogP) is -0.276. The highest BCUT2D eigenvalue weighted by molar-refractivity contribution is 7.86. The van der Waals surface area contributed by atoms with Gasteiger partial charge in [-0.15, -0.1) is 0 Å². The van der Waals surface area contributed by atoms with Gasteiger partial charge in [0.15, 0.2) is 0 Å². The van der Waals surface area contributed by atoms with Gasteiger partial charge < -0.3 is 18.4 Å². The fourth-order valence-electron chi connectivity index (χ4n) is 1.53. The van der Waals surface area contributed by atoms with Crippen molar-refractivity contribution in [2.75, 3.05) is 21.3 Å². The Hall–Kier alpha value is -0.973. The molecular formula is C9H14O7SSi. The minimum Gasteiger partial charge on any atom is -0.506 e. The van der Waals surface area contributed by atoms with E-state index < -0.39 is 29.6 Å². The van der Waals surface area contributed by atoms with Crippen molar-refractivity contribution in [3.05, 3.63) is 18.2 Å². The third kappa shape index (κ3) is 2.71. The number of hydrogen-bond donors (Lipinski definition) is 2. The Balaban J connectivity index is 3.35. The van der Waals surface area contributed by atoms with Gasteiger partial charge in [0.2, 0.25) is 0 Å². The largest absolute Gasteiger partial charge is 0.536 e. The molecule has 0 heterocycles. The van der Waals surface area contributed by atoms with Gasteiger partial charge in [0.25, 0.3) is 10.1 Å². The standard InChI is InChI=1S/C9H14O7SSi/c1-14-18(15-2,16-3)7-4-5-9(8(10)6-7)17(11,12)13/h4-6,10H,1-3H3,(H,11,12,13). The van der Waals surface area contributed by atoms with Crippen LogP contribution in [0.4, 0.5) is 0 Å². The molecule has 1 aromatic rings. The molecule has 0 bridgehead atoms. The first-order chi connectivity index (χ1) is 8.30. The topological polar surface area (TPSA) is 102 Å². The zero-order chi connectivity index (χ0) is 14.0. The molecule has 102 valence electrons. The minimum atomic E-state index is -4.47. The summed E-state index contributed by atoms with van der Waals surface area (Å²) in [5.41, 5.74) is 0. The Kier molecular flexibility index (Phi) is 4.48. The molecule has 18 heavy (non-hydrogen) atoms. The van der Waals surface area contributed by atoms with Crippen LogP contribution in [0, 0.1) is 0 Å². The Morgan fingerprint density at radius 1 is 1.11 bits per heavy atom. The molecular weight excluding hydrogens is 280 g/mol. The van der Waals surface area contributed by atoms with Gasteiger partial charge >= 0.3 is 8.80 Å². The first-order valence-electron chi connectivity index (χ1n) is 4.77. The third-order valence-electron chi connectivity index (χ3n) is 2.40. The van der Waals surface area contributed by atoms with Crippen LogP contribution in [0.5, 0.6) is 5.75 Å². The highest BCUT2D eigenvalue weighted by atomic mass is 32.2. The van der Waals surface area contributed by atoms with Gasteiger partial charge in [-0.3, -0.25) is 4.55 Å².